The van der Waals surface area contributed by atoms with E-state index in [1.165, 1.54) is 23.9 Å². The molecule has 1 aromatic heterocycles. The summed E-state index contributed by atoms with van der Waals surface area (Å²) in [4.78, 5) is 22.2. The van der Waals surface area contributed by atoms with Crippen molar-refractivity contribution in [3.05, 3.63) is 42.2 Å². The number of hydrogen-bond acceptors (Lipinski definition) is 6. The van der Waals surface area contributed by atoms with Crippen LogP contribution >= 0.6 is 28.2 Å². The molecule has 2 aliphatic rings. The summed E-state index contributed by atoms with van der Waals surface area (Å²) in [6.45, 7) is 0.942. The van der Waals surface area contributed by atoms with E-state index in [0.29, 0.717) is 31.1 Å². The molecule has 2 aliphatic heterocycles. The molecule has 0 spiro atoms. The highest BCUT2D eigenvalue weighted by Crippen LogP contribution is 3.06. The van der Waals surface area contributed by atoms with Gasteiger partial charge in [-0.05, 0) is 24.6 Å². The average molecular weight is 545 g/mol. The Balaban J connectivity index is 1.52. The van der Waals surface area contributed by atoms with Gasteiger partial charge in [-0.15, -0.1) is 15.5 Å². The number of carbonyl (C=O) groups is 1. The van der Waals surface area contributed by atoms with Crippen LogP contribution in [0.25, 0.3) is 0 Å². The maximum absolute atomic E-state index is 13.8. The number of halogens is 5. The lowest BCUT2D eigenvalue weighted by atomic mass is 10.2. The molecule has 2 atom stereocenters. The number of hydrogen-bond donors (Lipinski definition) is 2. The van der Waals surface area contributed by atoms with Gasteiger partial charge in [-0.1, -0.05) is 6.07 Å². The molecule has 2 N–H and O–H groups in total. The first-order valence-corrected chi connectivity index (χ1v) is 13.1. The Bertz CT molecular complexity index is 976. The number of benzene rings is 1. The van der Waals surface area contributed by atoms with Crippen molar-refractivity contribution in [2.24, 2.45) is 0 Å². The lowest BCUT2D eigenvalue weighted by Crippen LogP contribution is -2.47. The SMILES string of the molecule is O=C(NO)c1cnc(N2C[C@@H]3C[C@H]2CN3c2cccc(S(F)(F)(F)(F)I)c2)nc1. The Kier molecular flexibility index (Phi) is 4.27. The zero-order valence-corrected chi connectivity index (χ0v) is 17.7. The topological polar surface area (TPSA) is 81.6 Å². The van der Waals surface area contributed by atoms with Crippen molar-refractivity contribution in [2.75, 3.05) is 22.9 Å². The second-order valence-corrected chi connectivity index (χ2v) is 14.8. The van der Waals surface area contributed by atoms with E-state index in [9.17, 15) is 20.3 Å². The number of rotatable bonds is 4. The summed E-state index contributed by atoms with van der Waals surface area (Å²) in [5, 5.41) is 8.63. The predicted octanol–water partition coefficient (Wildman–Crippen LogP) is 4.19. The highest BCUT2D eigenvalue weighted by atomic mass is 127. The first-order valence-electron chi connectivity index (χ1n) is 8.49. The Morgan fingerprint density at radius 1 is 1.14 bits per heavy atom. The van der Waals surface area contributed by atoms with Crippen molar-refractivity contribution in [3.63, 3.8) is 0 Å². The number of piperazine rings is 1. The van der Waals surface area contributed by atoms with Crippen molar-refractivity contribution in [1.29, 1.82) is 0 Å². The molecule has 1 amide bonds. The highest BCUT2D eigenvalue weighted by molar-refractivity contribution is 14.2. The fourth-order valence-electron chi connectivity index (χ4n) is 3.78. The lowest BCUT2D eigenvalue weighted by molar-refractivity contribution is 0.0705. The number of fused-ring (bicyclic) bond motifs is 2. The molecule has 2 saturated heterocycles. The van der Waals surface area contributed by atoms with Crippen LogP contribution in [0.4, 0.5) is 27.2 Å². The molecular weight excluding hydrogens is 529 g/mol. The van der Waals surface area contributed by atoms with Crippen LogP contribution < -0.4 is 15.3 Å². The standard InChI is InChI=1S/C16H16F4IN5O2S/c17-29(18,19,20,21)14-3-1-2-11(5-14)25-8-13-4-12(25)9-26(13)16-22-6-10(7-23-16)15(27)24-28/h1-3,5-7,12-13,28H,4,8-9H2,(H,24,27)/t12-,13-/m0/s1. The Morgan fingerprint density at radius 2 is 1.76 bits per heavy atom. The number of anilines is 2. The maximum atomic E-state index is 13.8. The van der Waals surface area contributed by atoms with Gasteiger partial charge in [0.1, 0.15) is 0 Å². The van der Waals surface area contributed by atoms with Crippen LogP contribution in [0, 0.1) is 0 Å². The zero-order valence-electron chi connectivity index (χ0n) is 14.7. The molecule has 2 aromatic rings. The van der Waals surface area contributed by atoms with Crippen molar-refractivity contribution < 1.29 is 25.5 Å². The summed E-state index contributed by atoms with van der Waals surface area (Å²) in [7, 11) is -8.27. The molecule has 0 unspecified atom stereocenters. The van der Waals surface area contributed by atoms with Gasteiger partial charge in [0.05, 0.1) is 37.7 Å². The number of hydroxylamine groups is 1. The second-order valence-electron chi connectivity index (χ2n) is 7.03. The number of nitrogens with zero attached hydrogens (tertiary/aromatic N) is 4. The van der Waals surface area contributed by atoms with Gasteiger partial charge in [0.25, 0.3) is 5.91 Å². The zero-order chi connectivity index (χ0) is 21.1. The first-order chi connectivity index (χ1) is 13.4. The van der Waals surface area contributed by atoms with Gasteiger partial charge < -0.3 is 9.80 Å². The molecule has 2 bridgehead atoms. The summed E-state index contributed by atoms with van der Waals surface area (Å²) in [6.07, 6.45) is 3.28. The molecule has 3 heterocycles. The van der Waals surface area contributed by atoms with Crippen LogP contribution in [0.1, 0.15) is 16.8 Å². The van der Waals surface area contributed by atoms with E-state index in [2.05, 4.69) is 9.97 Å². The Hall–Kier alpha value is -1.87. The van der Waals surface area contributed by atoms with Crippen LogP contribution in [-0.2, 0) is 0 Å². The van der Waals surface area contributed by atoms with E-state index in [4.69, 9.17) is 5.21 Å². The third kappa shape index (κ3) is 3.94. The normalized spacial score (nSPS) is 23.7. The van der Waals surface area contributed by atoms with Crippen molar-refractivity contribution in [2.45, 2.75) is 23.4 Å². The molecule has 4 rings (SSSR count). The molecule has 29 heavy (non-hydrogen) atoms. The fraction of sp³-hybridized carbons (Fsp3) is 0.312. The highest BCUT2D eigenvalue weighted by Gasteiger charge is 2.62. The summed E-state index contributed by atoms with van der Waals surface area (Å²) in [5.41, 5.74) is 1.93. The number of aromatic nitrogens is 2. The molecule has 0 radical (unpaired) electrons. The predicted molar refractivity (Wildman–Crippen MR) is 109 cm³/mol. The van der Waals surface area contributed by atoms with Gasteiger partial charge in [0.2, 0.25) is 13.0 Å². The van der Waals surface area contributed by atoms with E-state index >= 15 is 0 Å². The second kappa shape index (κ2) is 6.07. The Morgan fingerprint density at radius 3 is 2.31 bits per heavy atom. The van der Waals surface area contributed by atoms with E-state index in [-0.39, 0.29) is 38.9 Å². The smallest absolute Gasteiger partial charge is 0.277 e. The molecule has 2 fully saturated rings. The monoisotopic (exact) mass is 545 g/mol. The minimum Gasteiger partial charge on any atom is -0.365 e. The molecule has 158 valence electrons. The summed E-state index contributed by atoms with van der Waals surface area (Å²) >= 11 is -0.00117. The third-order valence-electron chi connectivity index (χ3n) is 5.09. The molecule has 0 saturated carbocycles. The van der Waals surface area contributed by atoms with E-state index in [1.54, 1.807) is 6.07 Å². The quantitative estimate of drug-likeness (QED) is 0.260. The van der Waals surface area contributed by atoms with Gasteiger partial charge in [-0.2, -0.15) is 0 Å². The number of amides is 1. The molecule has 13 heteroatoms. The van der Waals surface area contributed by atoms with Crippen LogP contribution in [0.5, 0.6) is 0 Å². The van der Waals surface area contributed by atoms with Gasteiger partial charge in [-0.3, -0.25) is 10.0 Å². The van der Waals surface area contributed by atoms with Crippen molar-refractivity contribution in [3.8, 4) is 0 Å². The van der Waals surface area contributed by atoms with Crippen molar-refractivity contribution in [1.82, 2.24) is 15.4 Å². The number of carbonyl (C=O) groups excluding carboxylic acids is 1. The first kappa shape index (κ1) is 20.4. The van der Waals surface area contributed by atoms with Crippen molar-refractivity contribution >= 4 is 45.8 Å². The largest absolute Gasteiger partial charge is 0.365 e. The van der Waals surface area contributed by atoms with E-state index in [0.717, 1.165) is 12.1 Å². The minimum atomic E-state index is -8.27. The molecule has 0 aliphatic carbocycles. The van der Waals surface area contributed by atoms with Gasteiger partial charge in [-0.25, -0.2) is 15.4 Å². The van der Waals surface area contributed by atoms with Crippen LogP contribution in [0.15, 0.2) is 41.6 Å². The van der Waals surface area contributed by atoms with Crippen LogP contribution in [0.3, 0.4) is 0 Å². The molecule has 7 nitrogen and oxygen atoms in total. The summed E-state index contributed by atoms with van der Waals surface area (Å²) in [5.74, 6) is -0.326. The van der Waals surface area contributed by atoms with Gasteiger partial charge >= 0.3 is 0 Å². The summed E-state index contributed by atoms with van der Waals surface area (Å²) < 4.78 is 55.1. The molecular formula is C16H16F4IN5O2S. The lowest BCUT2D eigenvalue weighted by Gasteiger charge is -2.44. The minimum absolute atomic E-state index is 0.00117. The average Bonchev–Trinajstić information content (AvgIpc) is 3.27. The Labute approximate surface area is 175 Å². The van der Waals surface area contributed by atoms with E-state index < -0.39 is 17.8 Å². The maximum Gasteiger partial charge on any atom is 0.277 e. The number of nitrogens with one attached hydrogen (secondary N) is 1. The van der Waals surface area contributed by atoms with Crippen LogP contribution in [0.2, 0.25) is 0 Å². The van der Waals surface area contributed by atoms with Gasteiger partial charge in [0, 0.05) is 37.2 Å². The van der Waals surface area contributed by atoms with Gasteiger partial charge in [0.15, 0.2) is 0 Å². The van der Waals surface area contributed by atoms with Crippen LogP contribution in [-0.4, -0.2) is 46.3 Å². The molecule has 1 aromatic carbocycles. The third-order valence-corrected chi connectivity index (χ3v) is 7.76. The fourth-order valence-corrected chi connectivity index (χ4v) is 5.28. The summed E-state index contributed by atoms with van der Waals surface area (Å²) in [6, 6.07) is 4.32. The van der Waals surface area contributed by atoms with E-state index in [1.807, 2.05) is 9.80 Å².